The van der Waals surface area contributed by atoms with Gasteiger partial charge in [0.2, 0.25) is 0 Å². The molecule has 0 spiro atoms. The van der Waals surface area contributed by atoms with E-state index in [0.29, 0.717) is 18.0 Å². The number of pyridine rings is 1. The number of nitrogens with zero attached hydrogens (tertiary/aromatic N) is 4. The summed E-state index contributed by atoms with van der Waals surface area (Å²) in [6.45, 7) is 0.650. The van der Waals surface area contributed by atoms with E-state index in [1.807, 2.05) is 48.8 Å². The summed E-state index contributed by atoms with van der Waals surface area (Å²) >= 11 is 0. The van der Waals surface area contributed by atoms with Gasteiger partial charge >= 0.3 is 0 Å². The van der Waals surface area contributed by atoms with Crippen LogP contribution in [0.15, 0.2) is 61.2 Å². The van der Waals surface area contributed by atoms with Gasteiger partial charge in [0.25, 0.3) is 0 Å². The van der Waals surface area contributed by atoms with Crippen LogP contribution in [0.1, 0.15) is 5.56 Å². The maximum absolute atomic E-state index is 5.41. The van der Waals surface area contributed by atoms with Crippen LogP contribution in [0.4, 0.5) is 5.82 Å². The summed E-state index contributed by atoms with van der Waals surface area (Å²) in [6.07, 6.45) is 7.28. The van der Waals surface area contributed by atoms with Gasteiger partial charge in [-0.15, -0.1) is 0 Å². The fraction of sp³-hybridized carbons (Fsp3) is 0.150. The zero-order chi connectivity index (χ0) is 18.6. The highest BCUT2D eigenvalue weighted by Crippen LogP contribution is 2.33. The summed E-state index contributed by atoms with van der Waals surface area (Å²) in [5.41, 5.74) is 3.73. The third-order valence-electron chi connectivity index (χ3n) is 4.26. The second kappa shape index (κ2) is 7.33. The van der Waals surface area contributed by atoms with E-state index >= 15 is 0 Å². The number of hydrogen-bond donors (Lipinski definition) is 1. The predicted octanol–water partition coefficient (Wildman–Crippen LogP) is 3.42. The summed E-state index contributed by atoms with van der Waals surface area (Å²) in [7, 11) is 3.24. The van der Waals surface area contributed by atoms with Gasteiger partial charge in [-0.3, -0.25) is 4.98 Å². The third kappa shape index (κ3) is 3.39. The standard InChI is InChI=1S/C20H19N5O2/c1-26-17-6-5-15(10-18(17)27-2)16-13-23-25-9-7-19(24-20(16)25)22-12-14-4-3-8-21-11-14/h3-11,13H,12H2,1-2H3,(H,22,24). The molecule has 0 saturated heterocycles. The van der Waals surface area contributed by atoms with Crippen LogP contribution < -0.4 is 14.8 Å². The van der Waals surface area contributed by atoms with Crippen molar-refractivity contribution < 1.29 is 9.47 Å². The zero-order valence-electron chi connectivity index (χ0n) is 15.1. The van der Waals surface area contributed by atoms with Gasteiger partial charge in [-0.05, 0) is 35.4 Å². The van der Waals surface area contributed by atoms with E-state index in [1.54, 1.807) is 31.1 Å². The quantitative estimate of drug-likeness (QED) is 0.567. The van der Waals surface area contributed by atoms with Gasteiger partial charge in [0, 0.05) is 30.7 Å². The van der Waals surface area contributed by atoms with E-state index in [4.69, 9.17) is 14.5 Å². The van der Waals surface area contributed by atoms with E-state index in [0.717, 1.165) is 28.2 Å². The topological polar surface area (TPSA) is 73.6 Å². The Morgan fingerprint density at radius 2 is 1.93 bits per heavy atom. The van der Waals surface area contributed by atoms with Crippen LogP contribution in [0, 0.1) is 0 Å². The van der Waals surface area contributed by atoms with Crippen LogP contribution in [0.3, 0.4) is 0 Å². The van der Waals surface area contributed by atoms with E-state index in [2.05, 4.69) is 15.4 Å². The molecule has 4 aromatic rings. The smallest absolute Gasteiger partial charge is 0.165 e. The van der Waals surface area contributed by atoms with Crippen LogP contribution in [0.25, 0.3) is 16.8 Å². The van der Waals surface area contributed by atoms with Crippen LogP contribution in [-0.4, -0.2) is 33.8 Å². The number of benzene rings is 1. The average molecular weight is 361 g/mol. The maximum atomic E-state index is 5.41. The van der Waals surface area contributed by atoms with Gasteiger partial charge in [-0.1, -0.05) is 12.1 Å². The van der Waals surface area contributed by atoms with Gasteiger partial charge in [0.1, 0.15) is 5.82 Å². The molecule has 0 aliphatic heterocycles. The van der Waals surface area contributed by atoms with Crippen molar-refractivity contribution in [2.24, 2.45) is 0 Å². The number of methoxy groups -OCH3 is 2. The molecule has 0 fully saturated rings. The van der Waals surface area contributed by atoms with Gasteiger partial charge in [0.05, 0.1) is 20.4 Å². The number of rotatable bonds is 6. The molecule has 3 heterocycles. The largest absolute Gasteiger partial charge is 0.493 e. The van der Waals surface area contributed by atoms with Crippen molar-refractivity contribution in [1.82, 2.24) is 19.6 Å². The van der Waals surface area contributed by atoms with Gasteiger partial charge in [-0.25, -0.2) is 9.50 Å². The molecule has 0 amide bonds. The second-order valence-electron chi connectivity index (χ2n) is 5.92. The SMILES string of the molecule is COc1ccc(-c2cnn3ccc(NCc4cccnc4)nc23)cc1OC. The molecule has 27 heavy (non-hydrogen) atoms. The summed E-state index contributed by atoms with van der Waals surface area (Å²) in [5, 5.41) is 7.72. The summed E-state index contributed by atoms with van der Waals surface area (Å²) < 4.78 is 12.5. The number of hydrogen-bond acceptors (Lipinski definition) is 6. The maximum Gasteiger partial charge on any atom is 0.165 e. The molecule has 4 rings (SSSR count). The Bertz CT molecular complexity index is 1060. The minimum absolute atomic E-state index is 0.650. The van der Waals surface area contributed by atoms with Crippen LogP contribution in [-0.2, 0) is 6.54 Å². The highest BCUT2D eigenvalue weighted by molar-refractivity contribution is 5.79. The molecule has 1 N–H and O–H groups in total. The molecule has 0 atom stereocenters. The minimum Gasteiger partial charge on any atom is -0.493 e. The molecule has 0 saturated carbocycles. The lowest BCUT2D eigenvalue weighted by atomic mass is 10.1. The molecule has 0 aliphatic rings. The van der Waals surface area contributed by atoms with Crippen molar-refractivity contribution in [3.63, 3.8) is 0 Å². The van der Waals surface area contributed by atoms with Crippen molar-refractivity contribution in [2.45, 2.75) is 6.54 Å². The van der Waals surface area contributed by atoms with Crippen molar-refractivity contribution in [2.75, 3.05) is 19.5 Å². The Morgan fingerprint density at radius 1 is 1.04 bits per heavy atom. The second-order valence-corrected chi connectivity index (χ2v) is 5.92. The number of anilines is 1. The molecule has 0 aliphatic carbocycles. The molecule has 7 heteroatoms. The Kier molecular flexibility index (Phi) is 4.57. The van der Waals surface area contributed by atoms with Crippen molar-refractivity contribution in [3.8, 4) is 22.6 Å². The van der Waals surface area contributed by atoms with Crippen molar-refractivity contribution >= 4 is 11.5 Å². The molecule has 3 aromatic heterocycles. The van der Waals surface area contributed by atoms with Crippen molar-refractivity contribution in [1.29, 1.82) is 0 Å². The number of aromatic nitrogens is 4. The first kappa shape index (κ1) is 16.8. The van der Waals surface area contributed by atoms with E-state index in [1.165, 1.54) is 0 Å². The summed E-state index contributed by atoms with van der Waals surface area (Å²) in [6, 6.07) is 11.6. The molecule has 136 valence electrons. The molecule has 0 bridgehead atoms. The first-order valence-electron chi connectivity index (χ1n) is 8.48. The van der Waals surface area contributed by atoms with Gasteiger partial charge in [-0.2, -0.15) is 5.10 Å². The lowest BCUT2D eigenvalue weighted by molar-refractivity contribution is 0.355. The first-order chi connectivity index (χ1) is 13.3. The minimum atomic E-state index is 0.650. The third-order valence-corrected chi connectivity index (χ3v) is 4.26. The summed E-state index contributed by atoms with van der Waals surface area (Å²) in [4.78, 5) is 8.85. The zero-order valence-corrected chi connectivity index (χ0v) is 15.1. The highest BCUT2D eigenvalue weighted by atomic mass is 16.5. The van der Waals surface area contributed by atoms with Gasteiger partial charge < -0.3 is 14.8 Å². The Hall–Kier alpha value is -3.61. The Labute approximate surface area is 156 Å². The van der Waals surface area contributed by atoms with E-state index in [-0.39, 0.29) is 0 Å². The average Bonchev–Trinajstić information content (AvgIpc) is 3.15. The number of nitrogens with one attached hydrogen (secondary N) is 1. The lowest BCUT2D eigenvalue weighted by Crippen LogP contribution is -2.03. The molecule has 1 aromatic carbocycles. The highest BCUT2D eigenvalue weighted by Gasteiger charge is 2.12. The molecule has 0 radical (unpaired) electrons. The summed E-state index contributed by atoms with van der Waals surface area (Å²) in [5.74, 6) is 2.12. The molecule has 7 nitrogen and oxygen atoms in total. The molecular weight excluding hydrogens is 342 g/mol. The lowest BCUT2D eigenvalue weighted by Gasteiger charge is -2.09. The van der Waals surface area contributed by atoms with Crippen LogP contribution >= 0.6 is 0 Å². The fourth-order valence-electron chi connectivity index (χ4n) is 2.87. The Balaban J connectivity index is 1.66. The van der Waals surface area contributed by atoms with Crippen LogP contribution in [0.5, 0.6) is 11.5 Å². The van der Waals surface area contributed by atoms with Crippen molar-refractivity contribution in [3.05, 3.63) is 66.7 Å². The van der Waals surface area contributed by atoms with E-state index in [9.17, 15) is 0 Å². The first-order valence-corrected chi connectivity index (χ1v) is 8.48. The normalized spacial score (nSPS) is 10.7. The number of fused-ring (bicyclic) bond motifs is 1. The van der Waals surface area contributed by atoms with Crippen LogP contribution in [0.2, 0.25) is 0 Å². The van der Waals surface area contributed by atoms with E-state index < -0.39 is 0 Å². The monoisotopic (exact) mass is 361 g/mol. The molecular formula is C20H19N5O2. The van der Waals surface area contributed by atoms with Gasteiger partial charge in [0.15, 0.2) is 17.1 Å². The fourth-order valence-corrected chi connectivity index (χ4v) is 2.87. The Morgan fingerprint density at radius 3 is 2.70 bits per heavy atom. The number of ether oxygens (including phenoxy) is 2. The molecule has 0 unspecified atom stereocenters. The predicted molar refractivity (Wildman–Crippen MR) is 103 cm³/mol.